The molecule has 9 nitrogen and oxygen atoms in total. The smallest absolute Gasteiger partial charge is 0.408 e. The summed E-state index contributed by atoms with van der Waals surface area (Å²) >= 11 is 0.600. The van der Waals surface area contributed by atoms with E-state index in [-0.39, 0.29) is 19.4 Å². The van der Waals surface area contributed by atoms with Crippen LogP contribution in [0, 0.1) is 12.1 Å². The van der Waals surface area contributed by atoms with Crippen molar-refractivity contribution in [1.82, 2.24) is 5.32 Å². The van der Waals surface area contributed by atoms with Gasteiger partial charge in [0.1, 0.15) is 29.8 Å². The Kier molecular flexibility index (Phi) is 6.96. The molecule has 2 aromatic carbocycles. The molecule has 1 aliphatic heterocycles. The number of hydrogen-bond acceptors (Lipinski definition) is 7. The number of carbonyl (C=O) groups is 3. The topological polar surface area (TPSA) is 136 Å². The van der Waals surface area contributed by atoms with Gasteiger partial charge in [0.15, 0.2) is 0 Å². The van der Waals surface area contributed by atoms with Crippen molar-refractivity contribution in [2.24, 2.45) is 0 Å². The zero-order valence-corrected chi connectivity index (χ0v) is 17.5. The van der Waals surface area contributed by atoms with Crippen LogP contribution in [-0.2, 0) is 27.4 Å². The van der Waals surface area contributed by atoms with E-state index in [0.29, 0.717) is 23.1 Å². The minimum atomic E-state index is -1.96. The Morgan fingerprint density at radius 2 is 1.97 bits per heavy atom. The minimum absolute atomic E-state index is 0.0230. The zero-order chi connectivity index (χ0) is 22.6. The maximum atomic E-state index is 12.0. The Bertz CT molecular complexity index is 981. The zero-order valence-electron chi connectivity index (χ0n) is 16.7. The number of nitrogens with zero attached hydrogens (tertiary/aromatic N) is 1. The Balaban J connectivity index is 1.62. The van der Waals surface area contributed by atoms with Gasteiger partial charge in [-0.2, -0.15) is 5.21 Å². The normalized spacial score (nSPS) is 21.5. The van der Waals surface area contributed by atoms with E-state index in [1.807, 2.05) is 6.07 Å². The third-order valence-corrected chi connectivity index (χ3v) is 6.03. The summed E-state index contributed by atoms with van der Waals surface area (Å²) in [7, 11) is 0. The van der Waals surface area contributed by atoms with Crippen LogP contribution >= 0.6 is 11.9 Å². The summed E-state index contributed by atoms with van der Waals surface area (Å²) in [5.74, 6) is -2.02. The van der Waals surface area contributed by atoms with Crippen LogP contribution in [0.3, 0.4) is 0 Å². The van der Waals surface area contributed by atoms with E-state index in [9.17, 15) is 29.9 Å². The number of hydrogen-bond donors (Lipinski definition) is 3. The number of hydroxylamine groups is 2. The van der Waals surface area contributed by atoms with E-state index < -0.39 is 33.5 Å². The van der Waals surface area contributed by atoms with E-state index in [2.05, 4.69) is 5.32 Å². The second-order valence-corrected chi connectivity index (χ2v) is 8.48. The van der Waals surface area contributed by atoms with Crippen LogP contribution in [0.15, 0.2) is 48.5 Å². The van der Waals surface area contributed by atoms with Gasteiger partial charge >= 0.3 is 18.0 Å². The van der Waals surface area contributed by atoms with Gasteiger partial charge in [0.25, 0.3) is 0 Å². The number of rotatable bonds is 7. The number of aryl methyl sites for hydroxylation is 1. The molecule has 3 N–H and O–H groups in total. The molecule has 1 heterocycles. The Hall–Kier alpha value is -2.92. The van der Waals surface area contributed by atoms with Gasteiger partial charge in [0.2, 0.25) is 0 Å². The second kappa shape index (κ2) is 9.48. The quantitative estimate of drug-likeness (QED) is 0.255. The van der Waals surface area contributed by atoms with Crippen LogP contribution in [0.2, 0.25) is 0 Å². The molecule has 0 saturated carbocycles. The van der Waals surface area contributed by atoms with E-state index >= 15 is 0 Å². The third-order valence-electron chi connectivity index (χ3n) is 4.87. The van der Waals surface area contributed by atoms with Gasteiger partial charge in [-0.1, -0.05) is 52.7 Å². The maximum absolute atomic E-state index is 12.0. The summed E-state index contributed by atoms with van der Waals surface area (Å²) in [6.45, 7) is 1.80. The number of carboxylic acids is 1. The summed E-state index contributed by atoms with van der Waals surface area (Å²) in [5, 5.41) is 32.5. The van der Waals surface area contributed by atoms with Crippen LogP contribution < -0.4 is 5.32 Å². The lowest BCUT2D eigenvalue weighted by Gasteiger charge is -2.22. The molecule has 10 heteroatoms. The summed E-state index contributed by atoms with van der Waals surface area (Å²) in [5.41, 5.74) is 2.90. The molecule has 1 aliphatic rings. The van der Waals surface area contributed by atoms with Crippen molar-refractivity contribution in [3.05, 3.63) is 76.0 Å². The Morgan fingerprint density at radius 3 is 2.55 bits per heavy atom. The van der Waals surface area contributed by atoms with Gasteiger partial charge in [-0.3, -0.25) is 0 Å². The van der Waals surface area contributed by atoms with Crippen LogP contribution in [0.5, 0.6) is 0 Å². The lowest BCUT2D eigenvalue weighted by atomic mass is 9.97. The second-order valence-electron chi connectivity index (χ2n) is 7.20. The van der Waals surface area contributed by atoms with Crippen LogP contribution in [0.25, 0.3) is 0 Å². The van der Waals surface area contributed by atoms with E-state index in [4.69, 9.17) is 4.74 Å². The highest BCUT2D eigenvalue weighted by atomic mass is 32.2. The molecule has 0 aliphatic carbocycles. The van der Waals surface area contributed by atoms with Crippen molar-refractivity contribution in [1.29, 1.82) is 0 Å². The van der Waals surface area contributed by atoms with Crippen LogP contribution in [0.1, 0.15) is 33.9 Å². The molecule has 0 aromatic heterocycles. The predicted octanol–water partition coefficient (Wildman–Crippen LogP) is 3.24. The molecular weight excluding hydrogens is 424 g/mol. The van der Waals surface area contributed by atoms with Gasteiger partial charge in [-0.05, 0) is 29.2 Å². The first-order valence-corrected chi connectivity index (χ1v) is 10.3. The molecule has 0 spiro atoms. The highest BCUT2D eigenvalue weighted by molar-refractivity contribution is 7.94. The first kappa shape index (κ1) is 22.8. The number of nitrogens with one attached hydrogen (secondary N) is 1. The van der Waals surface area contributed by atoms with E-state index in [1.54, 1.807) is 49.4 Å². The molecular formula is C21H22N2O7S. The standard InChI is InChI=1S/C21H22N2O7S/c1-13-9-15(7-8-16(13)18-11-19(24)23(28,29)31-18)10-17(20(25)26)22-21(27)30-12-14-5-3-2-4-6-14/h2-9,17-18,28H,10-12H2,1H3,(H,22,27)(H,25,26)/t17-,18?/m0/s1. The third kappa shape index (κ3) is 5.82. The summed E-state index contributed by atoms with van der Waals surface area (Å²) in [6, 6.07) is 12.9. The number of ether oxygens (including phenoxy) is 1. The SMILES string of the molecule is Cc1cc(C[C@H](NC(=O)OCc2ccccc2)C(=O)O)ccc1C1CC(=O)[N+]([O-])(O)S1. The molecule has 2 amide bonds. The van der Waals surface area contributed by atoms with Gasteiger partial charge in [-0.25, -0.2) is 14.4 Å². The van der Waals surface area contributed by atoms with Gasteiger partial charge in [0, 0.05) is 6.42 Å². The van der Waals surface area contributed by atoms with E-state index in [1.165, 1.54) is 0 Å². The molecule has 164 valence electrons. The fourth-order valence-corrected chi connectivity index (χ4v) is 4.41. The first-order chi connectivity index (χ1) is 14.7. The monoisotopic (exact) mass is 446 g/mol. The molecule has 2 aromatic rings. The number of aliphatic carboxylic acids is 1. The van der Waals surface area contributed by atoms with Gasteiger partial charge in [0.05, 0.1) is 6.42 Å². The van der Waals surface area contributed by atoms with Crippen molar-refractivity contribution in [3.8, 4) is 0 Å². The molecule has 1 fully saturated rings. The Labute approximate surface area is 182 Å². The van der Waals surface area contributed by atoms with Gasteiger partial charge < -0.3 is 20.4 Å². The fourth-order valence-electron chi connectivity index (χ4n) is 3.28. The van der Waals surface area contributed by atoms with Crippen LogP contribution in [0.4, 0.5) is 4.79 Å². The highest BCUT2D eigenvalue weighted by Crippen LogP contribution is 2.46. The average Bonchev–Trinajstić information content (AvgIpc) is 2.99. The number of amides is 2. The molecule has 1 saturated heterocycles. The first-order valence-electron chi connectivity index (χ1n) is 9.50. The summed E-state index contributed by atoms with van der Waals surface area (Å²) in [4.78, 5) is 35.2. The number of carbonyl (C=O) groups excluding carboxylic acids is 2. The molecule has 31 heavy (non-hydrogen) atoms. The largest absolute Gasteiger partial charge is 0.579 e. The maximum Gasteiger partial charge on any atom is 0.408 e. The number of quaternary nitrogens is 1. The fraction of sp³-hybridized carbons (Fsp3) is 0.286. The molecule has 3 rings (SSSR count). The lowest BCUT2D eigenvalue weighted by molar-refractivity contribution is -0.880. The Morgan fingerprint density at radius 1 is 1.26 bits per heavy atom. The van der Waals surface area contributed by atoms with Crippen molar-refractivity contribution < 1.29 is 33.6 Å². The predicted molar refractivity (Wildman–Crippen MR) is 111 cm³/mol. The van der Waals surface area contributed by atoms with Crippen molar-refractivity contribution >= 4 is 29.9 Å². The summed E-state index contributed by atoms with van der Waals surface area (Å²) in [6.07, 6.45) is -0.898. The van der Waals surface area contributed by atoms with E-state index in [0.717, 1.165) is 11.1 Å². The number of carboxylic acid groups (broad SMARTS) is 1. The molecule has 2 unspecified atom stereocenters. The van der Waals surface area contributed by atoms with Crippen LogP contribution in [-0.4, -0.2) is 38.5 Å². The molecule has 3 atom stereocenters. The van der Waals surface area contributed by atoms with Crippen molar-refractivity contribution in [2.45, 2.75) is 37.7 Å². The molecule has 0 radical (unpaired) electrons. The van der Waals surface area contributed by atoms with Crippen molar-refractivity contribution in [3.63, 3.8) is 0 Å². The van der Waals surface area contributed by atoms with Gasteiger partial charge in [-0.15, -0.1) is 0 Å². The van der Waals surface area contributed by atoms with Crippen molar-refractivity contribution in [2.75, 3.05) is 0 Å². The summed E-state index contributed by atoms with van der Waals surface area (Å²) < 4.78 is 3.13. The number of alkyl carbamates (subject to hydrolysis) is 1. The minimum Gasteiger partial charge on any atom is -0.579 e. The average molecular weight is 446 g/mol. The highest BCUT2D eigenvalue weighted by Gasteiger charge is 2.44. The lowest BCUT2D eigenvalue weighted by Crippen LogP contribution is -2.42. The number of benzene rings is 2. The molecule has 0 bridgehead atoms.